The Balaban J connectivity index is 2.58. The normalized spacial score (nSPS) is 9.18. The Bertz CT molecular complexity index is 235. The summed E-state index contributed by atoms with van der Waals surface area (Å²) in [5.41, 5.74) is 1.06. The summed E-state index contributed by atoms with van der Waals surface area (Å²) in [6, 6.07) is 9.70. The summed E-state index contributed by atoms with van der Waals surface area (Å²) in [6.07, 6.45) is 0.483. The van der Waals surface area contributed by atoms with E-state index in [2.05, 4.69) is 0.262 Å². The first-order chi connectivity index (χ1) is 5.33. The van der Waals surface area contributed by atoms with Crippen molar-refractivity contribution in [3.05, 3.63) is 35.9 Å². The molecular weight excluding hydrogens is 278 g/mol. The summed E-state index contributed by atoms with van der Waals surface area (Å²) in [7, 11) is 0. The summed E-state index contributed by atoms with van der Waals surface area (Å²) in [5, 5.41) is 0. The Morgan fingerprint density at radius 3 is 2.55 bits per heavy atom. The number of rotatable bonds is 2. The van der Waals surface area contributed by atoms with Crippen molar-refractivity contribution in [3.8, 4) is 0 Å². The predicted molar refractivity (Wildman–Crippen MR) is 38.3 cm³/mol. The van der Waals surface area contributed by atoms with Gasteiger partial charge in [0.25, 0.3) is 0 Å². The van der Waals surface area contributed by atoms with E-state index in [0.29, 0.717) is 6.42 Å². The Hall–Kier alpha value is 0.274. The Morgan fingerprint density at radius 1 is 1.36 bits per heavy atom. The van der Waals surface area contributed by atoms with E-state index in [1.54, 1.807) is 0 Å². The maximum absolute atomic E-state index is 10.9. The zero-order valence-electron chi connectivity index (χ0n) is 5.88. The van der Waals surface area contributed by atoms with Gasteiger partial charge in [-0.3, -0.25) is 0 Å². The van der Waals surface area contributed by atoms with Crippen LogP contribution >= 0.6 is 0 Å². The summed E-state index contributed by atoms with van der Waals surface area (Å²) in [6.45, 7) is 0. The quantitative estimate of drug-likeness (QED) is 0.856. The van der Waals surface area contributed by atoms with Gasteiger partial charge in [0.05, 0.1) is 0 Å². The maximum atomic E-state index is 10.9. The Kier molecular flexibility index (Phi) is 4.27. The van der Waals surface area contributed by atoms with E-state index < -0.39 is 0 Å². The van der Waals surface area contributed by atoms with Crippen LogP contribution in [0.25, 0.3) is 0 Å². The van der Waals surface area contributed by atoms with Crippen LogP contribution in [0.1, 0.15) is 5.56 Å². The van der Waals surface area contributed by atoms with Crippen LogP contribution in [0.4, 0.5) is 0 Å². The molecule has 3 heteroatoms. The number of carbonyl (C=O) groups is 1. The second-order valence-corrected chi connectivity index (χ2v) is 2.79. The second-order valence-electron chi connectivity index (χ2n) is 2.18. The van der Waals surface area contributed by atoms with Crippen LogP contribution in [-0.4, -0.2) is 5.91 Å². The van der Waals surface area contributed by atoms with Gasteiger partial charge >= 0.3 is 101 Å². The number of hydrogen-bond donors (Lipinski definition) is 1. The number of benzene rings is 1. The first kappa shape index (κ1) is 9.36. The topological polar surface area (TPSA) is 29.1 Å². The minimum atomic E-state index is 0.0767. The third kappa shape index (κ3) is 3.45. The van der Waals surface area contributed by atoms with Gasteiger partial charge in [-0.15, -0.1) is 0 Å². The summed E-state index contributed by atoms with van der Waals surface area (Å²) >= 11 is 1.28. The van der Waals surface area contributed by atoms with Crippen molar-refractivity contribution in [1.82, 2.24) is 0.262 Å². The van der Waals surface area contributed by atoms with Gasteiger partial charge in [-0.1, -0.05) is 0 Å². The van der Waals surface area contributed by atoms with E-state index in [1.165, 1.54) is 47.5 Å². The van der Waals surface area contributed by atoms with Crippen molar-refractivity contribution in [2.75, 3.05) is 0 Å². The van der Waals surface area contributed by atoms with Crippen LogP contribution in [0.15, 0.2) is 30.3 Å². The molecule has 0 fully saturated rings. The molecule has 0 bridgehead atoms. The molecule has 0 saturated heterocycles. The predicted octanol–water partition coefficient (Wildman–Crippen LogP) is 0.810. The SMILES string of the molecule is O=C(Cc1ccccc1)[NH][Eu]. The molecule has 0 aliphatic heterocycles. The summed E-state index contributed by atoms with van der Waals surface area (Å²) in [5.74, 6) is 0.0767. The first-order valence-corrected chi connectivity index (χ1v) is 4.47. The summed E-state index contributed by atoms with van der Waals surface area (Å²) in [4.78, 5) is 10.9. The monoisotopic (exact) mass is 287 g/mol. The molecule has 0 aliphatic carbocycles. The minimum absolute atomic E-state index is 0.0767. The van der Waals surface area contributed by atoms with Crippen molar-refractivity contribution < 1.29 is 52.2 Å². The molecule has 2 nitrogen and oxygen atoms in total. The molecule has 0 unspecified atom stereocenters. The molecule has 1 N–H and O–H groups in total. The summed E-state index contributed by atoms with van der Waals surface area (Å²) < 4.78 is 2.63. The molecule has 11 heavy (non-hydrogen) atoms. The van der Waals surface area contributed by atoms with Gasteiger partial charge in [-0.2, -0.15) is 0 Å². The Morgan fingerprint density at radius 2 is 2.00 bits per heavy atom. The van der Waals surface area contributed by atoms with Crippen LogP contribution in [0.5, 0.6) is 0 Å². The zero-order chi connectivity index (χ0) is 8.10. The van der Waals surface area contributed by atoms with Gasteiger partial charge in [0, 0.05) is 0 Å². The number of amides is 1. The van der Waals surface area contributed by atoms with E-state index in [9.17, 15) is 4.79 Å². The van der Waals surface area contributed by atoms with E-state index in [1.807, 2.05) is 30.3 Å². The van der Waals surface area contributed by atoms with E-state index >= 15 is 0 Å². The van der Waals surface area contributed by atoms with Crippen LogP contribution in [0, 0.1) is 47.5 Å². The molecule has 0 saturated carbocycles. The van der Waals surface area contributed by atoms with Crippen molar-refractivity contribution in [2.24, 2.45) is 0 Å². The van der Waals surface area contributed by atoms with Crippen molar-refractivity contribution in [1.29, 1.82) is 0 Å². The van der Waals surface area contributed by atoms with Crippen LogP contribution in [0.3, 0.4) is 0 Å². The fourth-order valence-corrected chi connectivity index (χ4v) is 1.03. The molecule has 0 spiro atoms. The molecule has 1 amide bonds. The first-order valence-electron chi connectivity index (χ1n) is 3.26. The standard InChI is InChI=1S/C8H9NO.Eu/c9-8(10)6-7-4-2-1-3-5-7;/h1-5H,6H2,(H2,9,10);/q;+1/p-1. The molecule has 1 aromatic rings. The fraction of sp³-hybridized carbons (Fsp3) is 0.125. The van der Waals surface area contributed by atoms with Gasteiger partial charge in [-0.25, -0.2) is 0 Å². The zero-order valence-corrected chi connectivity index (χ0v) is 8.31. The molecule has 0 aromatic heterocycles. The third-order valence-corrected chi connectivity index (χ3v) is 1.99. The van der Waals surface area contributed by atoms with Gasteiger partial charge in [0.2, 0.25) is 0 Å². The average Bonchev–Trinajstić information content (AvgIpc) is 2.06. The molecule has 0 aliphatic rings. The van der Waals surface area contributed by atoms with Crippen LogP contribution in [-0.2, 0) is 11.2 Å². The fourth-order valence-electron chi connectivity index (χ4n) is 0.815. The van der Waals surface area contributed by atoms with Gasteiger partial charge < -0.3 is 0 Å². The van der Waals surface area contributed by atoms with Gasteiger partial charge in [0.15, 0.2) is 0 Å². The number of carbonyl (C=O) groups excluding carboxylic acids is 1. The molecule has 1 rings (SSSR count). The second kappa shape index (κ2) is 5.02. The van der Waals surface area contributed by atoms with Crippen LogP contribution < -0.4 is 0.262 Å². The van der Waals surface area contributed by atoms with Crippen molar-refractivity contribution in [2.45, 2.75) is 6.42 Å². The average molecular weight is 286 g/mol. The molecule has 1 aromatic carbocycles. The van der Waals surface area contributed by atoms with E-state index in [0.717, 1.165) is 5.56 Å². The molecule has 0 radical (unpaired) electrons. The number of nitrogens with one attached hydrogen (secondary N) is 1. The van der Waals surface area contributed by atoms with Gasteiger partial charge in [-0.05, 0) is 0 Å². The Labute approximate surface area is 99.3 Å². The van der Waals surface area contributed by atoms with Crippen molar-refractivity contribution >= 4 is 5.91 Å². The van der Waals surface area contributed by atoms with Crippen molar-refractivity contribution in [3.63, 3.8) is 0 Å². The van der Waals surface area contributed by atoms with E-state index in [4.69, 9.17) is 0 Å². The molecule has 0 heterocycles. The van der Waals surface area contributed by atoms with Crippen LogP contribution in [0.2, 0.25) is 0 Å². The molecule has 58 valence electrons. The molecule has 0 atom stereocenters. The van der Waals surface area contributed by atoms with Gasteiger partial charge in [0.1, 0.15) is 0 Å². The number of hydrogen-bond acceptors (Lipinski definition) is 1. The third-order valence-electron chi connectivity index (χ3n) is 1.31. The molecular formula is C8H8EuNO. The van der Waals surface area contributed by atoms with E-state index in [-0.39, 0.29) is 5.91 Å².